The van der Waals surface area contributed by atoms with Crippen molar-refractivity contribution in [2.24, 2.45) is 0 Å². The largest absolute Gasteiger partial charge is 0.466 e. The molecule has 19 heavy (non-hydrogen) atoms. The number of esters is 1. The lowest BCUT2D eigenvalue weighted by Crippen LogP contribution is -2.55. The molecule has 1 fully saturated rings. The molecule has 0 aliphatic carbocycles. The van der Waals surface area contributed by atoms with Gasteiger partial charge in [0.05, 0.1) is 19.1 Å². The maximum Gasteiger partial charge on any atom is 0.312 e. The van der Waals surface area contributed by atoms with E-state index in [1.165, 1.54) is 9.80 Å². The first-order valence-corrected chi connectivity index (χ1v) is 6.41. The van der Waals surface area contributed by atoms with Gasteiger partial charge in [-0.1, -0.05) is 0 Å². The summed E-state index contributed by atoms with van der Waals surface area (Å²) in [6.45, 7) is 5.02. The number of ether oxygens (including phenoxy) is 1. The summed E-state index contributed by atoms with van der Waals surface area (Å²) in [7, 11) is 0. The fraction of sp³-hybridized carbons (Fsp3) is 0.750. The van der Waals surface area contributed by atoms with Gasteiger partial charge in [-0.2, -0.15) is 0 Å². The molecule has 0 aromatic heterocycles. The van der Waals surface area contributed by atoms with E-state index < -0.39 is 23.9 Å². The van der Waals surface area contributed by atoms with Crippen molar-refractivity contribution in [3.63, 3.8) is 0 Å². The molecule has 1 heterocycles. The number of nitrogens with zero attached hydrogens (tertiary/aromatic N) is 2. The van der Waals surface area contributed by atoms with Crippen molar-refractivity contribution in [2.75, 3.05) is 32.8 Å². The van der Waals surface area contributed by atoms with Gasteiger partial charge in [-0.25, -0.2) is 0 Å². The van der Waals surface area contributed by atoms with Crippen LogP contribution in [0.25, 0.3) is 0 Å². The summed E-state index contributed by atoms with van der Waals surface area (Å²) in [4.78, 5) is 37.3. The van der Waals surface area contributed by atoms with E-state index in [0.717, 1.165) is 0 Å². The molecule has 2 amide bonds. The topological polar surface area (TPSA) is 87.2 Å². The third-order valence-electron chi connectivity index (χ3n) is 2.92. The summed E-state index contributed by atoms with van der Waals surface area (Å²) >= 11 is 0. The monoisotopic (exact) mass is 272 g/mol. The highest BCUT2D eigenvalue weighted by atomic mass is 16.5. The first-order valence-electron chi connectivity index (χ1n) is 6.41. The average molecular weight is 272 g/mol. The van der Waals surface area contributed by atoms with Crippen LogP contribution in [-0.2, 0) is 19.1 Å². The zero-order valence-electron chi connectivity index (χ0n) is 11.3. The van der Waals surface area contributed by atoms with E-state index in [4.69, 9.17) is 4.74 Å². The van der Waals surface area contributed by atoms with E-state index in [1.807, 2.05) is 0 Å². The number of carbonyl (C=O) groups excluding carboxylic acids is 3. The van der Waals surface area contributed by atoms with Crippen LogP contribution in [0.2, 0.25) is 0 Å². The minimum absolute atomic E-state index is 0.0268. The molecule has 1 aliphatic rings. The van der Waals surface area contributed by atoms with E-state index in [0.29, 0.717) is 19.6 Å². The first kappa shape index (κ1) is 15.4. The molecular formula is C12H20N2O5. The molecule has 0 aromatic rings. The van der Waals surface area contributed by atoms with Crippen molar-refractivity contribution >= 4 is 17.8 Å². The first-order chi connectivity index (χ1) is 8.99. The summed E-state index contributed by atoms with van der Waals surface area (Å²) in [5.41, 5.74) is 0. The zero-order valence-corrected chi connectivity index (χ0v) is 11.3. The van der Waals surface area contributed by atoms with Crippen LogP contribution in [0, 0.1) is 0 Å². The quantitative estimate of drug-likeness (QED) is 0.494. The molecule has 1 atom stereocenters. The average Bonchev–Trinajstić information content (AvgIpc) is 2.35. The number of piperazine rings is 1. The molecule has 0 radical (unpaired) electrons. The highest BCUT2D eigenvalue weighted by Gasteiger charge is 2.32. The number of β-amino-alcohol motifs (C(OH)–C–C–N with tert-alkyl or cyclic N) is 1. The SMILES string of the molecule is CCOC(=O)CC(O)CN1CCN(CC)C(=O)C1=O. The normalized spacial score (nSPS) is 17.6. The molecule has 1 saturated heterocycles. The predicted octanol–water partition coefficient (Wildman–Crippen LogP) is -1.01. The van der Waals surface area contributed by atoms with Gasteiger partial charge in [0, 0.05) is 26.2 Å². The Morgan fingerprint density at radius 3 is 2.42 bits per heavy atom. The number of rotatable bonds is 6. The van der Waals surface area contributed by atoms with Gasteiger partial charge in [-0.05, 0) is 13.8 Å². The van der Waals surface area contributed by atoms with E-state index >= 15 is 0 Å². The number of aliphatic hydroxyl groups is 1. The molecule has 108 valence electrons. The molecule has 7 heteroatoms. The molecule has 0 saturated carbocycles. The summed E-state index contributed by atoms with van der Waals surface area (Å²) in [6.07, 6.45) is -1.19. The molecule has 1 unspecified atom stereocenters. The second-order valence-corrected chi connectivity index (χ2v) is 4.30. The maximum absolute atomic E-state index is 11.7. The molecule has 7 nitrogen and oxygen atoms in total. The van der Waals surface area contributed by atoms with Crippen LogP contribution >= 0.6 is 0 Å². The van der Waals surface area contributed by atoms with Crippen LogP contribution < -0.4 is 0 Å². The number of amides is 2. The Bertz CT molecular complexity index is 358. The van der Waals surface area contributed by atoms with Crippen LogP contribution in [0.15, 0.2) is 0 Å². The highest BCUT2D eigenvalue weighted by Crippen LogP contribution is 2.07. The summed E-state index contributed by atoms with van der Waals surface area (Å²) in [6, 6.07) is 0. The summed E-state index contributed by atoms with van der Waals surface area (Å²) in [5.74, 6) is -1.70. The van der Waals surface area contributed by atoms with Gasteiger partial charge < -0.3 is 19.6 Å². The van der Waals surface area contributed by atoms with Gasteiger partial charge in [0.15, 0.2) is 0 Å². The van der Waals surface area contributed by atoms with Crippen LogP contribution in [0.3, 0.4) is 0 Å². The molecule has 1 aliphatic heterocycles. The minimum Gasteiger partial charge on any atom is -0.466 e. The Balaban J connectivity index is 2.47. The van der Waals surface area contributed by atoms with Crippen LogP contribution in [-0.4, -0.2) is 71.6 Å². The van der Waals surface area contributed by atoms with E-state index in [2.05, 4.69) is 0 Å². The van der Waals surface area contributed by atoms with Crippen LogP contribution in [0.4, 0.5) is 0 Å². The van der Waals surface area contributed by atoms with E-state index in [1.54, 1.807) is 13.8 Å². The Hall–Kier alpha value is -1.63. The Morgan fingerprint density at radius 1 is 1.26 bits per heavy atom. The lowest BCUT2D eigenvalue weighted by Gasteiger charge is -2.34. The lowest BCUT2D eigenvalue weighted by atomic mass is 10.2. The number of hydrogen-bond acceptors (Lipinski definition) is 5. The molecular weight excluding hydrogens is 252 g/mol. The standard InChI is InChI=1S/C12H20N2O5/c1-3-13-5-6-14(12(18)11(13)17)8-9(15)7-10(16)19-4-2/h9,15H,3-8H2,1-2H3. The third-order valence-corrected chi connectivity index (χ3v) is 2.92. The van der Waals surface area contributed by atoms with E-state index in [-0.39, 0.29) is 19.6 Å². The van der Waals surface area contributed by atoms with Gasteiger partial charge in [0.1, 0.15) is 0 Å². The number of carbonyl (C=O) groups is 3. The maximum atomic E-state index is 11.7. The van der Waals surface area contributed by atoms with E-state index in [9.17, 15) is 19.5 Å². The number of aliphatic hydroxyl groups excluding tert-OH is 1. The fourth-order valence-electron chi connectivity index (χ4n) is 1.92. The lowest BCUT2D eigenvalue weighted by molar-refractivity contribution is -0.157. The predicted molar refractivity (Wildman–Crippen MR) is 66.1 cm³/mol. The number of hydrogen-bond donors (Lipinski definition) is 1. The second-order valence-electron chi connectivity index (χ2n) is 4.30. The van der Waals surface area contributed by atoms with Gasteiger partial charge in [-0.3, -0.25) is 14.4 Å². The van der Waals surface area contributed by atoms with Crippen molar-refractivity contribution in [3.8, 4) is 0 Å². The Morgan fingerprint density at radius 2 is 1.84 bits per heavy atom. The van der Waals surface area contributed by atoms with Gasteiger partial charge in [-0.15, -0.1) is 0 Å². The molecule has 1 rings (SSSR count). The summed E-state index contributed by atoms with van der Waals surface area (Å²) < 4.78 is 4.71. The molecule has 0 spiro atoms. The van der Waals surface area contributed by atoms with Gasteiger partial charge in [0.25, 0.3) is 0 Å². The van der Waals surface area contributed by atoms with Crippen LogP contribution in [0.5, 0.6) is 0 Å². The van der Waals surface area contributed by atoms with Crippen molar-refractivity contribution in [2.45, 2.75) is 26.4 Å². The molecule has 1 N–H and O–H groups in total. The highest BCUT2D eigenvalue weighted by molar-refractivity contribution is 6.35. The zero-order chi connectivity index (χ0) is 14.4. The molecule has 0 bridgehead atoms. The van der Waals surface area contributed by atoms with Gasteiger partial charge in [0.2, 0.25) is 0 Å². The van der Waals surface area contributed by atoms with Crippen molar-refractivity contribution < 1.29 is 24.2 Å². The Kier molecular flexibility index (Phi) is 5.75. The van der Waals surface area contributed by atoms with Crippen LogP contribution in [0.1, 0.15) is 20.3 Å². The smallest absolute Gasteiger partial charge is 0.312 e. The van der Waals surface area contributed by atoms with Crippen molar-refractivity contribution in [3.05, 3.63) is 0 Å². The Labute approximate surface area is 112 Å². The summed E-state index contributed by atoms with van der Waals surface area (Å²) in [5, 5.41) is 9.71. The fourth-order valence-corrected chi connectivity index (χ4v) is 1.92. The molecule has 0 aromatic carbocycles. The van der Waals surface area contributed by atoms with Crippen molar-refractivity contribution in [1.29, 1.82) is 0 Å². The van der Waals surface area contributed by atoms with Crippen molar-refractivity contribution in [1.82, 2.24) is 9.80 Å². The second kappa shape index (κ2) is 7.08. The van der Waals surface area contributed by atoms with Gasteiger partial charge >= 0.3 is 17.8 Å². The minimum atomic E-state index is -1.01. The third kappa shape index (κ3) is 4.20. The number of likely N-dealkylation sites (N-methyl/N-ethyl adjacent to an activating group) is 1.